The van der Waals surface area contributed by atoms with Crippen molar-refractivity contribution in [3.8, 4) is 11.5 Å². The number of rotatable bonds is 1. The van der Waals surface area contributed by atoms with Crippen molar-refractivity contribution in [2.45, 2.75) is 19.8 Å². The molecule has 13 heavy (non-hydrogen) atoms. The Morgan fingerprint density at radius 1 is 1.23 bits per heavy atom. The second-order valence-electron chi connectivity index (χ2n) is 3.11. The summed E-state index contributed by atoms with van der Waals surface area (Å²) in [6.45, 7) is 3.19. The van der Waals surface area contributed by atoms with Crippen molar-refractivity contribution in [3.63, 3.8) is 0 Å². The van der Waals surface area contributed by atoms with Gasteiger partial charge in [0.25, 0.3) is 0 Å². The van der Waals surface area contributed by atoms with Crippen LogP contribution in [0.5, 0.6) is 11.5 Å². The lowest BCUT2D eigenvalue weighted by atomic mass is 10.0. The molecule has 0 spiro atoms. The van der Waals surface area contributed by atoms with Crippen molar-refractivity contribution >= 4 is 0 Å². The van der Waals surface area contributed by atoms with Crippen LogP contribution in [0.25, 0.3) is 0 Å². The van der Waals surface area contributed by atoms with Gasteiger partial charge in [0.15, 0.2) is 23.1 Å². The number of aromatic hydroxyl groups is 2. The fourth-order valence-electron chi connectivity index (χ4n) is 1.15. The van der Waals surface area contributed by atoms with E-state index in [1.165, 1.54) is 0 Å². The van der Waals surface area contributed by atoms with Crippen molar-refractivity contribution in [2.24, 2.45) is 0 Å². The standard InChI is InChI=1S/C9H10F2O2/c1-4(2)7-8(11)5(10)3-6(12)9(7)13/h3-4,12-13H,1-2H3. The highest BCUT2D eigenvalue weighted by Crippen LogP contribution is 2.36. The Morgan fingerprint density at radius 3 is 2.23 bits per heavy atom. The van der Waals surface area contributed by atoms with Gasteiger partial charge in [-0.3, -0.25) is 0 Å². The first-order chi connectivity index (χ1) is 5.95. The van der Waals surface area contributed by atoms with E-state index in [-0.39, 0.29) is 11.5 Å². The van der Waals surface area contributed by atoms with Gasteiger partial charge in [-0.05, 0) is 5.92 Å². The summed E-state index contributed by atoms with van der Waals surface area (Å²) in [5, 5.41) is 18.2. The van der Waals surface area contributed by atoms with Crippen molar-refractivity contribution in [1.29, 1.82) is 0 Å². The Hall–Kier alpha value is -1.32. The van der Waals surface area contributed by atoms with Crippen LogP contribution in [-0.4, -0.2) is 10.2 Å². The third kappa shape index (κ3) is 1.56. The van der Waals surface area contributed by atoms with Crippen LogP contribution >= 0.6 is 0 Å². The molecule has 0 aromatic heterocycles. The second kappa shape index (κ2) is 3.20. The lowest BCUT2D eigenvalue weighted by molar-refractivity contribution is 0.380. The van der Waals surface area contributed by atoms with Gasteiger partial charge in [0.2, 0.25) is 0 Å². The van der Waals surface area contributed by atoms with E-state index in [1.807, 2.05) is 0 Å². The molecule has 1 aromatic rings. The van der Waals surface area contributed by atoms with E-state index in [1.54, 1.807) is 13.8 Å². The predicted molar refractivity (Wildman–Crippen MR) is 43.8 cm³/mol. The summed E-state index contributed by atoms with van der Waals surface area (Å²) in [7, 11) is 0. The minimum absolute atomic E-state index is 0.197. The highest BCUT2D eigenvalue weighted by atomic mass is 19.2. The molecule has 4 heteroatoms. The Morgan fingerprint density at radius 2 is 1.77 bits per heavy atom. The molecule has 0 amide bonds. The van der Waals surface area contributed by atoms with Crippen molar-refractivity contribution in [2.75, 3.05) is 0 Å². The topological polar surface area (TPSA) is 40.5 Å². The van der Waals surface area contributed by atoms with Gasteiger partial charge in [0.05, 0.1) is 0 Å². The fourth-order valence-corrected chi connectivity index (χ4v) is 1.15. The third-order valence-electron chi connectivity index (χ3n) is 1.78. The lowest BCUT2D eigenvalue weighted by Crippen LogP contribution is -1.97. The molecule has 0 saturated carbocycles. The molecule has 1 aromatic carbocycles. The summed E-state index contributed by atoms with van der Waals surface area (Å²) in [6.07, 6.45) is 0. The Balaban J connectivity index is 3.46. The minimum Gasteiger partial charge on any atom is -0.504 e. The molecule has 0 heterocycles. The largest absolute Gasteiger partial charge is 0.504 e. The van der Waals surface area contributed by atoms with E-state index < -0.39 is 23.1 Å². The van der Waals surface area contributed by atoms with Crippen molar-refractivity contribution in [1.82, 2.24) is 0 Å². The first kappa shape index (κ1) is 9.77. The van der Waals surface area contributed by atoms with Crippen molar-refractivity contribution < 1.29 is 19.0 Å². The molecule has 0 aliphatic heterocycles. The van der Waals surface area contributed by atoms with Gasteiger partial charge in [-0.1, -0.05) is 13.8 Å². The van der Waals surface area contributed by atoms with Crippen molar-refractivity contribution in [3.05, 3.63) is 23.3 Å². The predicted octanol–water partition coefficient (Wildman–Crippen LogP) is 2.50. The molecule has 1 rings (SSSR count). The van der Waals surface area contributed by atoms with E-state index in [9.17, 15) is 13.9 Å². The average molecular weight is 188 g/mol. The normalized spacial score (nSPS) is 10.8. The molecular weight excluding hydrogens is 178 g/mol. The van der Waals surface area contributed by atoms with Crippen LogP contribution in [0.3, 0.4) is 0 Å². The van der Waals surface area contributed by atoms with Gasteiger partial charge >= 0.3 is 0 Å². The molecule has 0 atom stereocenters. The zero-order chi connectivity index (χ0) is 10.2. The summed E-state index contributed by atoms with van der Waals surface area (Å²) in [4.78, 5) is 0. The van der Waals surface area contributed by atoms with Gasteiger partial charge in [-0.2, -0.15) is 0 Å². The molecule has 0 unspecified atom stereocenters. The average Bonchev–Trinajstić information content (AvgIpc) is 2.01. The molecular formula is C9H10F2O2. The Labute approximate surface area is 74.4 Å². The number of hydrogen-bond acceptors (Lipinski definition) is 2. The molecule has 0 radical (unpaired) electrons. The molecule has 0 saturated heterocycles. The summed E-state index contributed by atoms with van der Waals surface area (Å²) < 4.78 is 25.8. The molecule has 0 fully saturated rings. The minimum atomic E-state index is -1.15. The highest BCUT2D eigenvalue weighted by molar-refractivity contribution is 5.47. The third-order valence-corrected chi connectivity index (χ3v) is 1.78. The summed E-state index contributed by atoms with van der Waals surface area (Å²) in [6, 6.07) is 0.552. The highest BCUT2D eigenvalue weighted by Gasteiger charge is 2.19. The monoisotopic (exact) mass is 188 g/mol. The maximum Gasteiger partial charge on any atom is 0.166 e. The number of benzene rings is 1. The first-order valence-corrected chi connectivity index (χ1v) is 3.85. The van der Waals surface area contributed by atoms with Crippen LogP contribution in [0.2, 0.25) is 0 Å². The van der Waals surface area contributed by atoms with Gasteiger partial charge in [-0.25, -0.2) is 8.78 Å². The van der Waals surface area contributed by atoms with Gasteiger partial charge < -0.3 is 10.2 Å². The zero-order valence-electron chi connectivity index (χ0n) is 7.31. The van der Waals surface area contributed by atoms with E-state index in [0.29, 0.717) is 6.07 Å². The molecule has 0 aliphatic rings. The maximum atomic E-state index is 13.0. The quantitative estimate of drug-likeness (QED) is 0.665. The van der Waals surface area contributed by atoms with Crippen LogP contribution < -0.4 is 0 Å². The van der Waals surface area contributed by atoms with E-state index in [2.05, 4.69) is 0 Å². The second-order valence-corrected chi connectivity index (χ2v) is 3.11. The lowest BCUT2D eigenvalue weighted by Gasteiger charge is -2.11. The van der Waals surface area contributed by atoms with Gasteiger partial charge in [0, 0.05) is 11.6 Å². The number of phenols is 2. The summed E-state index contributed by atoms with van der Waals surface area (Å²) in [5.74, 6) is -3.87. The molecule has 0 aliphatic carbocycles. The van der Waals surface area contributed by atoms with Gasteiger partial charge in [-0.15, -0.1) is 0 Å². The molecule has 72 valence electrons. The number of hydrogen-bond donors (Lipinski definition) is 2. The molecule has 2 N–H and O–H groups in total. The maximum absolute atomic E-state index is 13.0. The van der Waals surface area contributed by atoms with Crippen LogP contribution in [0.1, 0.15) is 25.3 Å². The number of phenolic OH excluding ortho intramolecular Hbond substituents is 2. The van der Waals surface area contributed by atoms with Crippen LogP contribution in [-0.2, 0) is 0 Å². The Kier molecular flexibility index (Phi) is 2.40. The van der Waals surface area contributed by atoms with E-state index in [0.717, 1.165) is 0 Å². The van der Waals surface area contributed by atoms with E-state index >= 15 is 0 Å². The fraction of sp³-hybridized carbons (Fsp3) is 0.333. The van der Waals surface area contributed by atoms with Crippen LogP contribution in [0.4, 0.5) is 8.78 Å². The summed E-state index contributed by atoms with van der Waals surface area (Å²) >= 11 is 0. The van der Waals surface area contributed by atoms with Crippen LogP contribution in [0, 0.1) is 11.6 Å². The smallest absolute Gasteiger partial charge is 0.166 e. The molecule has 0 bridgehead atoms. The first-order valence-electron chi connectivity index (χ1n) is 3.85. The zero-order valence-corrected chi connectivity index (χ0v) is 7.31. The van der Waals surface area contributed by atoms with Crippen LogP contribution in [0.15, 0.2) is 6.07 Å². The molecule has 2 nitrogen and oxygen atoms in total. The summed E-state index contributed by atoms with van der Waals surface area (Å²) in [5.41, 5.74) is -0.197. The Bertz CT molecular complexity index is 309. The SMILES string of the molecule is CC(C)c1c(O)c(O)cc(F)c1F. The van der Waals surface area contributed by atoms with Gasteiger partial charge in [0.1, 0.15) is 0 Å². The number of halogens is 2. The van der Waals surface area contributed by atoms with E-state index in [4.69, 9.17) is 5.11 Å².